The van der Waals surface area contributed by atoms with Crippen LogP contribution in [0.2, 0.25) is 0 Å². The molecule has 0 unspecified atom stereocenters. The molecule has 0 bridgehead atoms. The maximum atomic E-state index is 14.3. The van der Waals surface area contributed by atoms with E-state index in [0.29, 0.717) is 21.8 Å². The van der Waals surface area contributed by atoms with Crippen LogP contribution >= 0.6 is 11.3 Å². The molecule has 3 amide bonds. The topological polar surface area (TPSA) is 185 Å². The summed E-state index contributed by atoms with van der Waals surface area (Å²) in [4.78, 5) is 49.0. The molecule has 4 aromatic rings. The lowest BCUT2D eigenvalue weighted by Gasteiger charge is -2.53. The number of halogens is 1. The van der Waals surface area contributed by atoms with Crippen molar-refractivity contribution in [2.45, 2.75) is 31.7 Å². The molecule has 0 aliphatic carbocycles. The van der Waals surface area contributed by atoms with Crippen molar-refractivity contribution in [2.24, 2.45) is 0 Å². The highest BCUT2D eigenvalue weighted by Gasteiger charge is 2.48. The average molecular weight is 658 g/mol. The van der Waals surface area contributed by atoms with Crippen LogP contribution in [0.25, 0.3) is 10.2 Å². The number of ketones is 1. The minimum Gasteiger partial charge on any atom is -0.506 e. The maximum absolute atomic E-state index is 14.3. The number of hydrazine groups is 1. The second kappa shape index (κ2) is 13.2. The van der Waals surface area contributed by atoms with Gasteiger partial charge in [-0.3, -0.25) is 14.5 Å². The van der Waals surface area contributed by atoms with Gasteiger partial charge in [0.1, 0.15) is 24.3 Å². The molecule has 2 aliphatic rings. The fourth-order valence-corrected chi connectivity index (χ4v) is 6.88. The summed E-state index contributed by atoms with van der Waals surface area (Å²) in [5.41, 5.74) is 14.9. The molecular formula is C32H32FN9O4S. The van der Waals surface area contributed by atoms with E-state index in [0.717, 1.165) is 10.3 Å². The zero-order chi connectivity index (χ0) is 33.2. The highest BCUT2D eigenvalue weighted by molar-refractivity contribution is 7.22. The smallest absolute Gasteiger partial charge is 0.333 e. The number of rotatable bonds is 8. The number of hydrogen-bond donors (Lipinski definition) is 4. The van der Waals surface area contributed by atoms with Crippen LogP contribution in [-0.2, 0) is 29.1 Å². The molecule has 2 saturated heterocycles. The molecule has 1 aromatic heterocycles. The minimum atomic E-state index is -0.838. The van der Waals surface area contributed by atoms with Crippen molar-refractivity contribution in [3.05, 3.63) is 83.2 Å². The van der Waals surface area contributed by atoms with E-state index in [1.165, 1.54) is 51.7 Å². The summed E-state index contributed by atoms with van der Waals surface area (Å²) >= 11 is 1.35. The molecule has 0 radical (unpaired) electrons. The zero-order valence-corrected chi connectivity index (χ0v) is 26.0. The van der Waals surface area contributed by atoms with E-state index < -0.39 is 24.1 Å². The second-order valence-electron chi connectivity index (χ2n) is 11.4. The van der Waals surface area contributed by atoms with E-state index >= 15 is 0 Å². The number of fused-ring (bicyclic) bond motifs is 2. The van der Waals surface area contributed by atoms with E-state index in [2.05, 4.69) is 10.3 Å². The number of nitriles is 1. The van der Waals surface area contributed by atoms with Crippen molar-refractivity contribution in [3.63, 3.8) is 0 Å². The molecule has 6 rings (SSSR count). The summed E-state index contributed by atoms with van der Waals surface area (Å²) in [7, 11) is 0. The Hall–Kier alpha value is -5.30. The number of nitrogen functional groups attached to an aromatic ring is 2. The van der Waals surface area contributed by atoms with E-state index in [4.69, 9.17) is 11.5 Å². The van der Waals surface area contributed by atoms with Gasteiger partial charge in [-0.2, -0.15) is 10.3 Å². The monoisotopic (exact) mass is 657 g/mol. The minimum absolute atomic E-state index is 0.0469. The van der Waals surface area contributed by atoms with Crippen molar-refractivity contribution < 1.29 is 23.9 Å². The Labute approximate surface area is 273 Å². The normalized spacial score (nSPS) is 18.6. The predicted molar refractivity (Wildman–Crippen MR) is 173 cm³/mol. The van der Waals surface area contributed by atoms with Gasteiger partial charge in [0.25, 0.3) is 0 Å². The quantitative estimate of drug-likeness (QED) is 0.125. The van der Waals surface area contributed by atoms with Crippen LogP contribution < -0.4 is 16.8 Å². The molecule has 6 N–H and O–H groups in total. The molecule has 47 heavy (non-hydrogen) atoms. The molecule has 15 heteroatoms. The number of thiazole rings is 1. The van der Waals surface area contributed by atoms with Gasteiger partial charge < -0.3 is 26.8 Å². The van der Waals surface area contributed by atoms with Crippen LogP contribution in [0.15, 0.2) is 60.7 Å². The molecule has 3 heterocycles. The lowest BCUT2D eigenvalue weighted by Crippen LogP contribution is -2.74. The molecule has 2 atom stereocenters. The number of para-hydroxylation sites is 1. The van der Waals surface area contributed by atoms with Crippen LogP contribution in [0, 0.1) is 17.1 Å². The van der Waals surface area contributed by atoms with Gasteiger partial charge in [-0.15, -0.1) is 0 Å². The van der Waals surface area contributed by atoms with Crippen molar-refractivity contribution in [3.8, 4) is 11.8 Å². The number of carbonyl (C=O) groups is 3. The number of phenolic OH excluding ortho intramolecular Hbond substituents is 1. The van der Waals surface area contributed by atoms with Gasteiger partial charge in [0.05, 0.1) is 47.6 Å². The van der Waals surface area contributed by atoms with Gasteiger partial charge >= 0.3 is 6.03 Å². The summed E-state index contributed by atoms with van der Waals surface area (Å²) in [6.07, 6.45) is -0.491. The summed E-state index contributed by atoms with van der Waals surface area (Å²) in [6.45, 7) is -0.205. The van der Waals surface area contributed by atoms with Crippen molar-refractivity contribution in [1.82, 2.24) is 30.1 Å². The van der Waals surface area contributed by atoms with Gasteiger partial charge in [0, 0.05) is 13.1 Å². The molecule has 2 aliphatic heterocycles. The number of amides is 3. The van der Waals surface area contributed by atoms with Crippen molar-refractivity contribution >= 4 is 50.1 Å². The number of urea groups is 1. The number of benzene rings is 3. The summed E-state index contributed by atoms with van der Waals surface area (Å²) < 4.78 is 14.3. The third-order valence-electron chi connectivity index (χ3n) is 8.33. The van der Waals surface area contributed by atoms with Crippen LogP contribution in [0.5, 0.6) is 5.75 Å². The van der Waals surface area contributed by atoms with Crippen molar-refractivity contribution in [1.29, 1.82) is 5.26 Å². The number of Topliss-reactive ketones (excluding diaryl/α,β-unsaturated/α-hetero) is 1. The number of nitrogens with zero attached hydrogens (tertiary/aromatic N) is 6. The Balaban J connectivity index is 1.34. The molecule has 2 fully saturated rings. The van der Waals surface area contributed by atoms with E-state index in [1.807, 2.05) is 24.3 Å². The van der Waals surface area contributed by atoms with Gasteiger partial charge in [-0.1, -0.05) is 41.7 Å². The van der Waals surface area contributed by atoms with E-state index in [9.17, 15) is 29.1 Å². The first kappa shape index (κ1) is 31.7. The highest BCUT2D eigenvalue weighted by atomic mass is 32.1. The molecular weight excluding hydrogens is 625 g/mol. The Morgan fingerprint density at radius 1 is 1.13 bits per heavy atom. The molecule has 0 saturated carbocycles. The first-order valence-electron chi connectivity index (χ1n) is 14.8. The number of nitrogens with one attached hydrogen (secondary N) is 1. The standard InChI is InChI=1S/C32H32FN9O4S/c33-22-7-4-19(5-8-22)14-37-32(46)41(11-10-34)42-17-23(43)16-40-25(13-20-6-9-26(44)24(35)12-20)30(45)39(18-28(40)42)15-21-2-1-3-27-29(21)38-31(36)47-27/h1-9,12,25,28,44H,11,13-18,35H2,(H2,36,38)(H,37,46)/t25-,28-/m0/s1. The second-order valence-corrected chi connectivity index (χ2v) is 12.5. The van der Waals surface area contributed by atoms with Crippen LogP contribution in [0.1, 0.15) is 16.7 Å². The number of phenols is 1. The Kier molecular flexibility index (Phi) is 8.90. The fourth-order valence-electron chi connectivity index (χ4n) is 6.09. The molecule has 0 spiro atoms. The predicted octanol–water partition coefficient (Wildman–Crippen LogP) is 2.42. The van der Waals surface area contributed by atoms with Crippen LogP contribution in [0.3, 0.4) is 0 Å². The number of nitrogens with two attached hydrogens (primary N) is 2. The number of aromatic hydroxyl groups is 1. The largest absolute Gasteiger partial charge is 0.506 e. The Morgan fingerprint density at radius 3 is 2.64 bits per heavy atom. The SMILES string of the molecule is N#CCN(C(=O)NCc1ccc(F)cc1)N1CC(=O)CN2[C@@H](Cc3ccc(O)c(N)c3)C(=O)N(Cc3cccc4sc(N)nc34)C[C@@H]21. The number of hydrogen-bond acceptors (Lipinski definition) is 11. The maximum Gasteiger partial charge on any atom is 0.333 e. The Morgan fingerprint density at radius 2 is 1.89 bits per heavy atom. The molecule has 13 nitrogen and oxygen atoms in total. The average Bonchev–Trinajstić information content (AvgIpc) is 3.44. The van der Waals surface area contributed by atoms with Gasteiger partial charge in [0.15, 0.2) is 10.9 Å². The van der Waals surface area contributed by atoms with E-state index in [-0.39, 0.29) is 68.8 Å². The fraction of sp³-hybridized carbons (Fsp3) is 0.281. The lowest BCUT2D eigenvalue weighted by atomic mass is 9.97. The van der Waals surface area contributed by atoms with Gasteiger partial charge in [0.2, 0.25) is 5.91 Å². The molecule has 3 aromatic carbocycles. The highest BCUT2D eigenvalue weighted by Crippen LogP contribution is 2.32. The third-order valence-corrected chi connectivity index (χ3v) is 9.18. The number of anilines is 2. The van der Waals surface area contributed by atoms with Crippen molar-refractivity contribution in [2.75, 3.05) is 37.6 Å². The lowest BCUT2D eigenvalue weighted by molar-refractivity contribution is -0.178. The molecule has 242 valence electrons. The third kappa shape index (κ3) is 6.66. The number of carbonyl (C=O) groups excluding carboxylic acids is 3. The first-order valence-corrected chi connectivity index (χ1v) is 15.6. The first-order chi connectivity index (χ1) is 22.6. The summed E-state index contributed by atoms with van der Waals surface area (Å²) in [5.74, 6) is -0.976. The summed E-state index contributed by atoms with van der Waals surface area (Å²) in [5, 5.41) is 25.6. The van der Waals surface area contributed by atoms with E-state index in [1.54, 1.807) is 21.9 Å². The summed E-state index contributed by atoms with van der Waals surface area (Å²) in [6, 6.07) is 16.6. The van der Waals surface area contributed by atoms with Crippen LogP contribution in [0.4, 0.5) is 20.0 Å². The number of aromatic nitrogens is 1. The van der Waals surface area contributed by atoms with Gasteiger partial charge in [-0.25, -0.2) is 19.2 Å². The zero-order valence-electron chi connectivity index (χ0n) is 25.2. The number of piperazine rings is 1. The van der Waals surface area contributed by atoms with Gasteiger partial charge in [-0.05, 0) is 53.4 Å². The van der Waals surface area contributed by atoms with Crippen LogP contribution in [-0.4, -0.2) is 86.0 Å². The Bertz CT molecular complexity index is 1880.